The van der Waals surface area contributed by atoms with Gasteiger partial charge in [0.15, 0.2) is 0 Å². The van der Waals surface area contributed by atoms with Gasteiger partial charge in [-0.3, -0.25) is 4.79 Å². The topological polar surface area (TPSA) is 46.9 Å². The summed E-state index contributed by atoms with van der Waals surface area (Å²) in [6.45, 7) is 6.74. The Morgan fingerprint density at radius 3 is 2.57 bits per heavy atom. The second-order valence-electron chi connectivity index (χ2n) is 7.42. The van der Waals surface area contributed by atoms with Gasteiger partial charge in [-0.2, -0.15) is 0 Å². The fourth-order valence-electron chi connectivity index (χ4n) is 3.32. The van der Waals surface area contributed by atoms with Crippen molar-refractivity contribution < 1.29 is 4.79 Å². The molecule has 1 heterocycles. The third-order valence-corrected chi connectivity index (χ3v) is 5.40. The lowest BCUT2D eigenvalue weighted by Gasteiger charge is -2.19. The lowest BCUT2D eigenvalue weighted by atomic mass is 10.1. The van der Waals surface area contributed by atoms with E-state index in [9.17, 15) is 4.79 Å². The van der Waals surface area contributed by atoms with Crippen molar-refractivity contribution in [3.8, 4) is 0 Å². The second kappa shape index (κ2) is 8.97. The molecule has 0 aliphatic rings. The molecule has 1 aromatic heterocycles. The maximum atomic E-state index is 12.4. The molecule has 1 N–H and O–H groups in total. The summed E-state index contributed by atoms with van der Waals surface area (Å²) in [7, 11) is 0. The number of amides is 1. The zero-order valence-corrected chi connectivity index (χ0v) is 17.9. The molecule has 1 atom stereocenters. The van der Waals surface area contributed by atoms with Gasteiger partial charge in [0.1, 0.15) is 5.82 Å². The number of carbonyl (C=O) groups excluding carboxylic acids is 1. The van der Waals surface area contributed by atoms with Crippen LogP contribution < -0.4 is 5.32 Å². The largest absolute Gasteiger partial charge is 0.346 e. The number of aromatic nitrogens is 2. The number of hydrogen-bond donors (Lipinski definition) is 1. The molecule has 28 heavy (non-hydrogen) atoms. The van der Waals surface area contributed by atoms with Gasteiger partial charge in [-0.15, -0.1) is 0 Å². The molecule has 0 saturated heterocycles. The number of nitrogens with one attached hydrogen (secondary N) is 1. The predicted molar refractivity (Wildman–Crippen MR) is 116 cm³/mol. The van der Waals surface area contributed by atoms with E-state index in [0.29, 0.717) is 28.9 Å². The minimum absolute atomic E-state index is 0.0509. The van der Waals surface area contributed by atoms with Gasteiger partial charge in [-0.25, -0.2) is 4.98 Å². The average molecular weight is 418 g/mol. The first-order valence-electron chi connectivity index (χ1n) is 9.57. The fraction of sp³-hybridized carbons (Fsp3) is 0.364. The molecule has 6 heteroatoms. The van der Waals surface area contributed by atoms with E-state index in [-0.39, 0.29) is 11.9 Å². The Balaban J connectivity index is 2.00. The lowest BCUT2D eigenvalue weighted by molar-refractivity contribution is -0.122. The molecule has 1 amide bonds. The van der Waals surface area contributed by atoms with Gasteiger partial charge in [0, 0.05) is 13.0 Å². The van der Waals surface area contributed by atoms with Crippen molar-refractivity contribution in [2.75, 3.05) is 0 Å². The smallest absolute Gasteiger partial charge is 0.220 e. The number of halogens is 2. The molecule has 0 aliphatic carbocycles. The van der Waals surface area contributed by atoms with Crippen molar-refractivity contribution >= 4 is 40.1 Å². The van der Waals surface area contributed by atoms with Crippen molar-refractivity contribution in [3.05, 3.63) is 63.9 Å². The number of rotatable bonds is 7. The number of imidazole rings is 1. The Labute approximate surface area is 175 Å². The summed E-state index contributed by atoms with van der Waals surface area (Å²) in [6.07, 6.45) is 1.26. The first-order chi connectivity index (χ1) is 13.4. The zero-order chi connectivity index (χ0) is 20.3. The standard InChI is InChI=1S/C22H25Cl2N3O/c1-4-18(25-21(28)11-14(2)3)22-26-19-7-5-6-8-20(19)27(22)13-15-9-10-16(23)17(24)12-15/h5-10,12,14,18H,4,11,13H2,1-3H3,(H,25,28). The molecular weight excluding hydrogens is 393 g/mol. The first kappa shape index (κ1) is 20.7. The summed E-state index contributed by atoms with van der Waals surface area (Å²) < 4.78 is 2.15. The van der Waals surface area contributed by atoms with Crippen LogP contribution in [0.5, 0.6) is 0 Å². The van der Waals surface area contributed by atoms with Gasteiger partial charge in [-0.05, 0) is 42.2 Å². The van der Waals surface area contributed by atoms with Crippen LogP contribution in [0.3, 0.4) is 0 Å². The lowest BCUT2D eigenvalue weighted by Crippen LogP contribution is -2.31. The maximum Gasteiger partial charge on any atom is 0.220 e. The maximum absolute atomic E-state index is 12.4. The van der Waals surface area contributed by atoms with Crippen LogP contribution in [0.2, 0.25) is 10.0 Å². The van der Waals surface area contributed by atoms with E-state index in [4.69, 9.17) is 28.2 Å². The van der Waals surface area contributed by atoms with E-state index < -0.39 is 0 Å². The van der Waals surface area contributed by atoms with E-state index in [1.165, 1.54) is 0 Å². The summed E-state index contributed by atoms with van der Waals surface area (Å²) in [5.41, 5.74) is 2.97. The van der Waals surface area contributed by atoms with Crippen molar-refractivity contribution in [3.63, 3.8) is 0 Å². The molecule has 0 bridgehead atoms. The molecule has 0 radical (unpaired) electrons. The third-order valence-electron chi connectivity index (χ3n) is 4.66. The van der Waals surface area contributed by atoms with Crippen LogP contribution in [0.1, 0.15) is 51.0 Å². The van der Waals surface area contributed by atoms with E-state index >= 15 is 0 Å². The van der Waals surface area contributed by atoms with Crippen LogP contribution >= 0.6 is 23.2 Å². The van der Waals surface area contributed by atoms with E-state index in [1.54, 1.807) is 6.07 Å². The highest BCUT2D eigenvalue weighted by Gasteiger charge is 2.21. The van der Waals surface area contributed by atoms with Crippen molar-refractivity contribution in [2.24, 2.45) is 5.92 Å². The van der Waals surface area contributed by atoms with E-state index in [1.807, 2.05) is 50.2 Å². The highest BCUT2D eigenvalue weighted by molar-refractivity contribution is 6.42. The van der Waals surface area contributed by atoms with Crippen LogP contribution in [0.4, 0.5) is 0 Å². The van der Waals surface area contributed by atoms with Crippen molar-refractivity contribution in [1.82, 2.24) is 14.9 Å². The number of para-hydroxylation sites is 2. The van der Waals surface area contributed by atoms with Crippen LogP contribution in [-0.2, 0) is 11.3 Å². The van der Waals surface area contributed by atoms with Crippen molar-refractivity contribution in [1.29, 1.82) is 0 Å². The Bertz CT molecular complexity index is 981. The Hall–Kier alpha value is -2.04. The molecule has 0 aliphatic heterocycles. The number of hydrogen-bond acceptors (Lipinski definition) is 2. The molecule has 148 valence electrons. The van der Waals surface area contributed by atoms with Gasteiger partial charge in [0.25, 0.3) is 0 Å². The van der Waals surface area contributed by atoms with Crippen molar-refractivity contribution in [2.45, 2.75) is 46.2 Å². The molecule has 4 nitrogen and oxygen atoms in total. The normalized spacial score (nSPS) is 12.5. The predicted octanol–water partition coefficient (Wildman–Crippen LogP) is 6.00. The SMILES string of the molecule is CCC(NC(=O)CC(C)C)c1nc2ccccc2n1Cc1ccc(Cl)c(Cl)c1. The fourth-order valence-corrected chi connectivity index (χ4v) is 3.64. The van der Waals surface area contributed by atoms with Gasteiger partial charge in [-0.1, -0.05) is 62.2 Å². The number of benzene rings is 2. The molecule has 3 aromatic rings. The Kier molecular flexibility index (Phi) is 6.63. The van der Waals surface area contributed by atoms with Crippen LogP contribution in [0.25, 0.3) is 11.0 Å². The highest BCUT2D eigenvalue weighted by Crippen LogP contribution is 2.27. The van der Waals surface area contributed by atoms with Gasteiger partial charge in [0.05, 0.1) is 27.1 Å². The minimum atomic E-state index is -0.151. The number of fused-ring (bicyclic) bond motifs is 1. The number of nitrogens with zero attached hydrogens (tertiary/aromatic N) is 2. The number of carbonyl (C=O) groups is 1. The quantitative estimate of drug-likeness (QED) is 0.511. The molecule has 0 fully saturated rings. The van der Waals surface area contributed by atoms with E-state index in [0.717, 1.165) is 28.8 Å². The van der Waals surface area contributed by atoms with Crippen LogP contribution in [0.15, 0.2) is 42.5 Å². The molecule has 3 rings (SSSR count). The molecular formula is C22H25Cl2N3O. The average Bonchev–Trinajstić information content (AvgIpc) is 3.00. The summed E-state index contributed by atoms with van der Waals surface area (Å²) in [5, 5.41) is 4.22. The van der Waals surface area contributed by atoms with Gasteiger partial charge in [0.2, 0.25) is 5.91 Å². The highest BCUT2D eigenvalue weighted by atomic mass is 35.5. The van der Waals surface area contributed by atoms with Gasteiger partial charge >= 0.3 is 0 Å². The second-order valence-corrected chi connectivity index (χ2v) is 8.23. The molecule has 2 aromatic carbocycles. The van der Waals surface area contributed by atoms with Crippen LogP contribution in [-0.4, -0.2) is 15.5 Å². The van der Waals surface area contributed by atoms with Crippen LogP contribution in [0, 0.1) is 5.92 Å². The molecule has 0 saturated carbocycles. The molecule has 1 unspecified atom stereocenters. The summed E-state index contributed by atoms with van der Waals surface area (Å²) in [5.74, 6) is 1.22. The third kappa shape index (κ3) is 4.68. The first-order valence-corrected chi connectivity index (χ1v) is 10.3. The molecule has 0 spiro atoms. The van der Waals surface area contributed by atoms with Gasteiger partial charge < -0.3 is 9.88 Å². The van der Waals surface area contributed by atoms with E-state index in [2.05, 4.69) is 16.8 Å². The minimum Gasteiger partial charge on any atom is -0.346 e. The monoisotopic (exact) mass is 417 g/mol. The summed E-state index contributed by atoms with van der Waals surface area (Å²) in [6, 6.07) is 13.5. The zero-order valence-electron chi connectivity index (χ0n) is 16.4. The summed E-state index contributed by atoms with van der Waals surface area (Å²) in [4.78, 5) is 17.2. The Morgan fingerprint density at radius 1 is 1.14 bits per heavy atom. The summed E-state index contributed by atoms with van der Waals surface area (Å²) >= 11 is 12.3. The Morgan fingerprint density at radius 2 is 1.89 bits per heavy atom.